The summed E-state index contributed by atoms with van der Waals surface area (Å²) in [6.07, 6.45) is 0. The lowest BCUT2D eigenvalue weighted by atomic mass is 9.97. The molecule has 110 valence electrons. The van der Waals surface area contributed by atoms with E-state index in [4.69, 9.17) is 0 Å². The highest BCUT2D eigenvalue weighted by Crippen LogP contribution is 2.18. The molecule has 1 aromatic heterocycles. The number of thiazole rings is 1. The first-order valence-electron chi connectivity index (χ1n) is 6.16. The monoisotopic (exact) mass is 368 g/mol. The Morgan fingerprint density at radius 2 is 2.24 bits per heavy atom. The van der Waals surface area contributed by atoms with Gasteiger partial charge in [0.25, 0.3) is 5.91 Å². The highest BCUT2D eigenvalue weighted by atomic mass is 79.9. The van der Waals surface area contributed by atoms with Gasteiger partial charge in [-0.1, -0.05) is 29.8 Å². The number of aryl methyl sites for hydroxylation is 1. The number of benzene rings is 1. The zero-order valence-corrected chi connectivity index (χ0v) is 13.6. The molecule has 0 saturated heterocycles. The van der Waals surface area contributed by atoms with Gasteiger partial charge in [-0.15, -0.1) is 11.3 Å². The van der Waals surface area contributed by atoms with Gasteiger partial charge in [-0.3, -0.25) is 9.59 Å². The standard InChI is InChI=1S/C14H13BrN2O3S/c1-8-3-2-4-9(5-8)10(13(19)20)6-16-12(18)11-7-21-14(15)17-11/h2-5,7,10H,6H2,1H3,(H,16,18)(H,19,20). The summed E-state index contributed by atoms with van der Waals surface area (Å²) in [7, 11) is 0. The lowest BCUT2D eigenvalue weighted by molar-refractivity contribution is -0.138. The van der Waals surface area contributed by atoms with Gasteiger partial charge in [0.1, 0.15) is 5.69 Å². The van der Waals surface area contributed by atoms with Gasteiger partial charge in [-0.25, -0.2) is 4.98 Å². The van der Waals surface area contributed by atoms with Crippen LogP contribution in [0.5, 0.6) is 0 Å². The van der Waals surface area contributed by atoms with E-state index in [1.165, 1.54) is 11.3 Å². The second kappa shape index (κ2) is 6.82. The van der Waals surface area contributed by atoms with Crippen LogP contribution in [-0.2, 0) is 4.79 Å². The van der Waals surface area contributed by atoms with Gasteiger partial charge in [0.05, 0.1) is 5.92 Å². The van der Waals surface area contributed by atoms with E-state index in [2.05, 4.69) is 26.2 Å². The first-order chi connectivity index (χ1) is 9.97. The van der Waals surface area contributed by atoms with Gasteiger partial charge in [-0.2, -0.15) is 0 Å². The summed E-state index contributed by atoms with van der Waals surface area (Å²) in [5.41, 5.74) is 1.93. The predicted octanol–water partition coefficient (Wildman–Crippen LogP) is 2.81. The number of carboxylic acids is 1. The summed E-state index contributed by atoms with van der Waals surface area (Å²) >= 11 is 4.48. The Labute approximate surface area is 134 Å². The Balaban J connectivity index is 2.07. The molecule has 0 fully saturated rings. The molecule has 0 saturated carbocycles. The van der Waals surface area contributed by atoms with Crippen LogP contribution in [0, 0.1) is 6.92 Å². The zero-order chi connectivity index (χ0) is 15.4. The van der Waals surface area contributed by atoms with Crippen LogP contribution in [0.4, 0.5) is 0 Å². The molecule has 1 heterocycles. The molecule has 7 heteroatoms. The number of hydrogen-bond donors (Lipinski definition) is 2. The Bertz CT molecular complexity index is 672. The molecule has 1 aromatic carbocycles. The van der Waals surface area contributed by atoms with Crippen molar-refractivity contribution in [1.29, 1.82) is 0 Å². The summed E-state index contributed by atoms with van der Waals surface area (Å²) in [5, 5.41) is 13.6. The summed E-state index contributed by atoms with van der Waals surface area (Å²) in [5.74, 6) is -2.13. The van der Waals surface area contributed by atoms with E-state index < -0.39 is 11.9 Å². The highest BCUT2D eigenvalue weighted by molar-refractivity contribution is 9.11. The van der Waals surface area contributed by atoms with Crippen LogP contribution >= 0.6 is 27.3 Å². The second-order valence-electron chi connectivity index (χ2n) is 4.50. The maximum Gasteiger partial charge on any atom is 0.312 e. The molecule has 21 heavy (non-hydrogen) atoms. The molecule has 0 spiro atoms. The third-order valence-corrected chi connectivity index (χ3v) is 4.28. The van der Waals surface area contributed by atoms with Crippen LogP contribution in [0.1, 0.15) is 27.5 Å². The second-order valence-corrected chi connectivity index (χ2v) is 6.63. The summed E-state index contributed by atoms with van der Waals surface area (Å²) in [6, 6.07) is 7.26. The SMILES string of the molecule is Cc1cccc(C(CNC(=O)c2csc(Br)n2)C(=O)O)c1. The van der Waals surface area contributed by atoms with Crippen molar-refractivity contribution in [2.45, 2.75) is 12.8 Å². The Hall–Kier alpha value is -1.73. The number of carbonyl (C=O) groups is 2. The van der Waals surface area contributed by atoms with Crippen molar-refractivity contribution in [1.82, 2.24) is 10.3 Å². The fraction of sp³-hybridized carbons (Fsp3) is 0.214. The molecular weight excluding hydrogens is 356 g/mol. The van der Waals surface area contributed by atoms with Crippen LogP contribution in [0.3, 0.4) is 0 Å². The van der Waals surface area contributed by atoms with Crippen molar-refractivity contribution >= 4 is 39.1 Å². The molecule has 0 aliphatic rings. The normalized spacial score (nSPS) is 11.9. The molecule has 0 aliphatic carbocycles. The smallest absolute Gasteiger partial charge is 0.312 e. The van der Waals surface area contributed by atoms with Gasteiger partial charge in [-0.05, 0) is 28.4 Å². The zero-order valence-electron chi connectivity index (χ0n) is 11.2. The third kappa shape index (κ3) is 4.12. The Kier molecular flexibility index (Phi) is 5.08. The molecule has 1 amide bonds. The first-order valence-corrected chi connectivity index (χ1v) is 7.83. The summed E-state index contributed by atoms with van der Waals surface area (Å²) in [4.78, 5) is 27.3. The molecule has 0 aliphatic heterocycles. The number of hydrogen-bond acceptors (Lipinski definition) is 4. The first kappa shape index (κ1) is 15.7. The van der Waals surface area contributed by atoms with Gasteiger partial charge in [0.15, 0.2) is 3.92 Å². The van der Waals surface area contributed by atoms with Crippen LogP contribution in [0.25, 0.3) is 0 Å². The molecular formula is C14H13BrN2O3S. The topological polar surface area (TPSA) is 79.3 Å². The number of nitrogens with one attached hydrogen (secondary N) is 1. The quantitative estimate of drug-likeness (QED) is 0.850. The van der Waals surface area contributed by atoms with E-state index in [0.717, 1.165) is 5.56 Å². The van der Waals surface area contributed by atoms with Crippen molar-refractivity contribution in [2.75, 3.05) is 6.54 Å². The molecule has 2 N–H and O–H groups in total. The number of carbonyl (C=O) groups excluding carboxylic acids is 1. The van der Waals surface area contributed by atoms with Crippen molar-refractivity contribution in [3.63, 3.8) is 0 Å². The van der Waals surface area contributed by atoms with Crippen LogP contribution in [-0.4, -0.2) is 28.5 Å². The van der Waals surface area contributed by atoms with Gasteiger partial charge < -0.3 is 10.4 Å². The van der Waals surface area contributed by atoms with E-state index in [9.17, 15) is 14.7 Å². The number of rotatable bonds is 5. The van der Waals surface area contributed by atoms with E-state index in [0.29, 0.717) is 9.48 Å². The minimum atomic E-state index is -0.972. The van der Waals surface area contributed by atoms with Gasteiger partial charge in [0, 0.05) is 11.9 Å². The molecule has 0 radical (unpaired) electrons. The van der Waals surface area contributed by atoms with Crippen LogP contribution < -0.4 is 5.32 Å². The molecule has 5 nitrogen and oxygen atoms in total. The van der Waals surface area contributed by atoms with Crippen molar-refractivity contribution in [2.24, 2.45) is 0 Å². The molecule has 1 unspecified atom stereocenters. The van der Waals surface area contributed by atoms with Gasteiger partial charge in [0.2, 0.25) is 0 Å². The molecule has 2 aromatic rings. The van der Waals surface area contributed by atoms with E-state index in [-0.39, 0.29) is 18.1 Å². The lowest BCUT2D eigenvalue weighted by Crippen LogP contribution is -2.31. The average Bonchev–Trinajstić information content (AvgIpc) is 2.85. The lowest BCUT2D eigenvalue weighted by Gasteiger charge is -2.14. The minimum absolute atomic E-state index is 0.0206. The molecule has 2 rings (SSSR count). The van der Waals surface area contributed by atoms with Crippen LogP contribution in [0.15, 0.2) is 33.6 Å². The summed E-state index contributed by atoms with van der Waals surface area (Å²) in [6.45, 7) is 1.92. The largest absolute Gasteiger partial charge is 0.481 e. The van der Waals surface area contributed by atoms with Crippen molar-refractivity contribution < 1.29 is 14.7 Å². The van der Waals surface area contributed by atoms with E-state index >= 15 is 0 Å². The Morgan fingerprint density at radius 1 is 1.48 bits per heavy atom. The number of aliphatic carboxylic acids is 1. The van der Waals surface area contributed by atoms with E-state index in [1.54, 1.807) is 17.5 Å². The van der Waals surface area contributed by atoms with Crippen molar-refractivity contribution in [3.8, 4) is 0 Å². The maximum atomic E-state index is 11.9. The molecule has 0 bridgehead atoms. The highest BCUT2D eigenvalue weighted by Gasteiger charge is 2.21. The number of halogens is 1. The van der Waals surface area contributed by atoms with Crippen LogP contribution in [0.2, 0.25) is 0 Å². The molecule has 1 atom stereocenters. The fourth-order valence-corrected chi connectivity index (χ4v) is 2.87. The number of carboxylic acid groups (broad SMARTS) is 1. The predicted molar refractivity (Wildman–Crippen MR) is 83.7 cm³/mol. The van der Waals surface area contributed by atoms with Gasteiger partial charge >= 0.3 is 5.97 Å². The maximum absolute atomic E-state index is 11.9. The third-order valence-electron chi connectivity index (χ3n) is 2.92. The number of aromatic nitrogens is 1. The average molecular weight is 369 g/mol. The Morgan fingerprint density at radius 3 is 2.81 bits per heavy atom. The number of amides is 1. The van der Waals surface area contributed by atoms with Crippen molar-refractivity contribution in [3.05, 3.63) is 50.4 Å². The summed E-state index contributed by atoms with van der Waals surface area (Å²) < 4.78 is 0.612. The number of nitrogens with zero attached hydrogens (tertiary/aromatic N) is 1. The van der Waals surface area contributed by atoms with E-state index in [1.807, 2.05) is 19.1 Å². The fourth-order valence-electron chi connectivity index (χ4n) is 1.88. The minimum Gasteiger partial charge on any atom is -0.481 e.